The standard InChI is InChI=1S/C18H21N5OS/c1-12-5-6-15-16(8-12)25-18(21-15)23-7-3-4-14(11-23)20-17(24)13-9-19-22(2)10-13/h5-6,8-10,14H,3-4,7,11H2,1-2H3,(H,20,24). The van der Waals surface area contributed by atoms with Gasteiger partial charge in [-0.3, -0.25) is 9.48 Å². The molecule has 1 N–H and O–H groups in total. The third kappa shape index (κ3) is 3.37. The number of nitrogens with zero attached hydrogens (tertiary/aromatic N) is 4. The second kappa shape index (κ2) is 6.48. The van der Waals surface area contributed by atoms with E-state index in [4.69, 9.17) is 4.98 Å². The van der Waals surface area contributed by atoms with Crippen LogP contribution in [0.2, 0.25) is 0 Å². The van der Waals surface area contributed by atoms with Crippen LogP contribution in [0.25, 0.3) is 10.2 Å². The lowest BCUT2D eigenvalue weighted by atomic mass is 10.1. The normalized spacial score (nSPS) is 17.8. The van der Waals surface area contributed by atoms with Crippen molar-refractivity contribution in [3.05, 3.63) is 41.7 Å². The molecule has 0 spiro atoms. The number of hydrogen-bond acceptors (Lipinski definition) is 5. The Morgan fingerprint density at radius 2 is 2.28 bits per heavy atom. The predicted molar refractivity (Wildman–Crippen MR) is 100 cm³/mol. The van der Waals surface area contributed by atoms with Crippen molar-refractivity contribution in [3.8, 4) is 0 Å². The lowest BCUT2D eigenvalue weighted by Gasteiger charge is -2.32. The summed E-state index contributed by atoms with van der Waals surface area (Å²) in [5.74, 6) is -0.0557. The minimum absolute atomic E-state index is 0.0557. The molecular weight excluding hydrogens is 334 g/mol. The summed E-state index contributed by atoms with van der Waals surface area (Å²) < 4.78 is 2.86. The summed E-state index contributed by atoms with van der Waals surface area (Å²) in [6.07, 6.45) is 5.39. The van der Waals surface area contributed by atoms with Crippen LogP contribution in [-0.2, 0) is 7.05 Å². The summed E-state index contributed by atoms with van der Waals surface area (Å²) in [7, 11) is 1.81. The molecule has 1 aliphatic heterocycles. The van der Waals surface area contributed by atoms with Crippen molar-refractivity contribution in [3.63, 3.8) is 0 Å². The maximum Gasteiger partial charge on any atom is 0.254 e. The second-order valence-electron chi connectivity index (χ2n) is 6.63. The molecule has 4 rings (SSSR count). The first-order chi connectivity index (χ1) is 12.1. The van der Waals surface area contributed by atoms with E-state index < -0.39 is 0 Å². The number of amides is 1. The molecule has 1 aromatic carbocycles. The van der Waals surface area contributed by atoms with Crippen molar-refractivity contribution >= 4 is 32.6 Å². The van der Waals surface area contributed by atoms with E-state index in [9.17, 15) is 4.79 Å². The highest BCUT2D eigenvalue weighted by Gasteiger charge is 2.24. The van der Waals surface area contributed by atoms with Crippen molar-refractivity contribution in [2.75, 3.05) is 18.0 Å². The molecular formula is C18H21N5OS. The average molecular weight is 355 g/mol. The summed E-state index contributed by atoms with van der Waals surface area (Å²) in [6, 6.07) is 6.49. The van der Waals surface area contributed by atoms with Crippen LogP contribution in [0.3, 0.4) is 0 Å². The first kappa shape index (κ1) is 16.1. The summed E-state index contributed by atoms with van der Waals surface area (Å²) in [4.78, 5) is 19.4. The smallest absolute Gasteiger partial charge is 0.254 e. The minimum Gasteiger partial charge on any atom is -0.347 e. The van der Waals surface area contributed by atoms with Crippen LogP contribution in [0.1, 0.15) is 28.8 Å². The molecule has 130 valence electrons. The van der Waals surface area contributed by atoms with Crippen LogP contribution < -0.4 is 10.2 Å². The van der Waals surface area contributed by atoms with Crippen molar-refractivity contribution < 1.29 is 4.79 Å². The van der Waals surface area contributed by atoms with Crippen LogP contribution in [0, 0.1) is 6.92 Å². The van der Waals surface area contributed by atoms with Crippen LogP contribution >= 0.6 is 11.3 Å². The van der Waals surface area contributed by atoms with E-state index in [0.717, 1.165) is 36.6 Å². The Labute approximate surface area is 150 Å². The number of carbonyl (C=O) groups is 1. The minimum atomic E-state index is -0.0557. The molecule has 2 aromatic heterocycles. The van der Waals surface area contributed by atoms with Gasteiger partial charge in [-0.05, 0) is 37.5 Å². The SMILES string of the molecule is Cc1ccc2nc(N3CCCC(NC(=O)c4cnn(C)c4)C3)sc2c1. The number of anilines is 1. The maximum atomic E-state index is 12.4. The zero-order valence-corrected chi connectivity index (χ0v) is 15.2. The van der Waals surface area contributed by atoms with Gasteiger partial charge in [0.2, 0.25) is 0 Å². The number of nitrogens with one attached hydrogen (secondary N) is 1. The van der Waals surface area contributed by atoms with E-state index >= 15 is 0 Å². The number of aryl methyl sites for hydroxylation is 2. The third-order valence-corrected chi connectivity index (χ3v) is 5.61. The number of piperidine rings is 1. The molecule has 0 bridgehead atoms. The first-order valence-corrected chi connectivity index (χ1v) is 9.32. The Balaban J connectivity index is 1.47. The fraction of sp³-hybridized carbons (Fsp3) is 0.389. The van der Waals surface area contributed by atoms with E-state index in [0.29, 0.717) is 5.56 Å². The molecule has 25 heavy (non-hydrogen) atoms. The number of thiazole rings is 1. The van der Waals surface area contributed by atoms with Crippen molar-refractivity contribution in [2.45, 2.75) is 25.8 Å². The Bertz CT molecular complexity index is 915. The average Bonchev–Trinajstić information content (AvgIpc) is 3.21. The van der Waals surface area contributed by atoms with Crippen LogP contribution in [0.15, 0.2) is 30.6 Å². The van der Waals surface area contributed by atoms with Gasteiger partial charge in [-0.2, -0.15) is 5.10 Å². The molecule has 6 nitrogen and oxygen atoms in total. The highest BCUT2D eigenvalue weighted by atomic mass is 32.1. The van der Waals surface area contributed by atoms with E-state index in [1.807, 2.05) is 7.05 Å². The van der Waals surface area contributed by atoms with Crippen molar-refractivity contribution in [1.29, 1.82) is 0 Å². The lowest BCUT2D eigenvalue weighted by molar-refractivity contribution is 0.0933. The van der Waals surface area contributed by atoms with Crippen LogP contribution in [0.5, 0.6) is 0 Å². The highest BCUT2D eigenvalue weighted by molar-refractivity contribution is 7.22. The Kier molecular flexibility index (Phi) is 4.17. The number of rotatable bonds is 3. The van der Waals surface area contributed by atoms with E-state index in [1.165, 1.54) is 10.3 Å². The van der Waals surface area contributed by atoms with Gasteiger partial charge in [0.1, 0.15) is 0 Å². The Morgan fingerprint density at radius 3 is 3.08 bits per heavy atom. The molecule has 3 heterocycles. The molecule has 0 saturated carbocycles. The van der Waals surface area contributed by atoms with E-state index in [-0.39, 0.29) is 11.9 Å². The van der Waals surface area contributed by atoms with Gasteiger partial charge in [0, 0.05) is 32.4 Å². The molecule has 1 unspecified atom stereocenters. The molecule has 1 atom stereocenters. The second-order valence-corrected chi connectivity index (χ2v) is 7.64. The van der Waals surface area contributed by atoms with Gasteiger partial charge < -0.3 is 10.2 Å². The van der Waals surface area contributed by atoms with E-state index in [2.05, 4.69) is 40.4 Å². The number of benzene rings is 1. The molecule has 0 aliphatic carbocycles. The molecule has 0 radical (unpaired) electrons. The Hall–Kier alpha value is -2.41. The number of hydrogen-bond donors (Lipinski definition) is 1. The fourth-order valence-corrected chi connectivity index (χ4v) is 4.33. The van der Waals surface area contributed by atoms with Gasteiger partial charge in [-0.25, -0.2) is 4.98 Å². The van der Waals surface area contributed by atoms with Gasteiger partial charge in [0.25, 0.3) is 5.91 Å². The number of fused-ring (bicyclic) bond motifs is 1. The number of aromatic nitrogens is 3. The molecule has 1 amide bonds. The lowest BCUT2D eigenvalue weighted by Crippen LogP contribution is -2.47. The topological polar surface area (TPSA) is 63.1 Å². The van der Waals surface area contributed by atoms with E-state index in [1.54, 1.807) is 28.4 Å². The fourth-order valence-electron chi connectivity index (χ4n) is 3.23. The van der Waals surface area contributed by atoms with Crippen LogP contribution in [0.4, 0.5) is 5.13 Å². The third-order valence-electron chi connectivity index (χ3n) is 4.53. The summed E-state index contributed by atoms with van der Waals surface area (Å²) >= 11 is 1.73. The monoisotopic (exact) mass is 355 g/mol. The zero-order valence-electron chi connectivity index (χ0n) is 14.4. The van der Waals surface area contributed by atoms with Crippen molar-refractivity contribution in [2.24, 2.45) is 7.05 Å². The van der Waals surface area contributed by atoms with Gasteiger partial charge in [-0.1, -0.05) is 17.4 Å². The zero-order chi connectivity index (χ0) is 17.4. The van der Waals surface area contributed by atoms with Crippen LogP contribution in [-0.4, -0.2) is 39.8 Å². The number of carbonyl (C=O) groups excluding carboxylic acids is 1. The predicted octanol–water partition coefficient (Wildman–Crippen LogP) is 2.74. The molecule has 7 heteroatoms. The molecule has 1 fully saturated rings. The van der Waals surface area contributed by atoms with Gasteiger partial charge in [0.15, 0.2) is 5.13 Å². The summed E-state index contributed by atoms with van der Waals surface area (Å²) in [5, 5.41) is 8.24. The Morgan fingerprint density at radius 1 is 1.40 bits per heavy atom. The molecule has 1 saturated heterocycles. The quantitative estimate of drug-likeness (QED) is 0.785. The maximum absolute atomic E-state index is 12.4. The highest BCUT2D eigenvalue weighted by Crippen LogP contribution is 2.31. The molecule has 1 aliphatic rings. The van der Waals surface area contributed by atoms with Gasteiger partial charge in [-0.15, -0.1) is 0 Å². The first-order valence-electron chi connectivity index (χ1n) is 8.50. The van der Waals surface area contributed by atoms with Gasteiger partial charge in [0.05, 0.1) is 22.0 Å². The summed E-state index contributed by atoms with van der Waals surface area (Å²) in [6.45, 7) is 3.88. The largest absolute Gasteiger partial charge is 0.347 e. The summed E-state index contributed by atoms with van der Waals surface area (Å²) in [5.41, 5.74) is 2.91. The van der Waals surface area contributed by atoms with Gasteiger partial charge >= 0.3 is 0 Å². The van der Waals surface area contributed by atoms with Crippen molar-refractivity contribution in [1.82, 2.24) is 20.1 Å². The molecule has 3 aromatic rings.